The number of carbonyl (C=O) groups is 1. The predicted molar refractivity (Wildman–Crippen MR) is 99.8 cm³/mol. The van der Waals surface area contributed by atoms with Crippen LogP contribution in [0.15, 0.2) is 12.4 Å². The van der Waals surface area contributed by atoms with Crippen LogP contribution in [0.5, 0.6) is 0 Å². The van der Waals surface area contributed by atoms with E-state index in [2.05, 4.69) is 45.1 Å². The molecule has 142 valence electrons. The van der Waals surface area contributed by atoms with Crippen LogP contribution in [0.4, 0.5) is 0 Å². The zero-order chi connectivity index (χ0) is 18.7. The highest BCUT2D eigenvalue weighted by molar-refractivity contribution is 5.76. The standard InChI is InChI=1S/C19H30N6O/c1-5-25-17(13-24-11-8-20-15(24)4)21-22-19(25)16-6-9-23(10-7-16)18(26)12-14(2)3/h8,11,14,16H,5-7,9-10,12-13H2,1-4H3. The van der Waals surface area contributed by atoms with Crippen molar-refractivity contribution in [1.82, 2.24) is 29.2 Å². The van der Waals surface area contributed by atoms with E-state index in [9.17, 15) is 4.79 Å². The van der Waals surface area contributed by atoms with Gasteiger partial charge in [0, 0.05) is 44.4 Å². The minimum absolute atomic E-state index is 0.284. The Labute approximate surface area is 155 Å². The van der Waals surface area contributed by atoms with Gasteiger partial charge in [-0.05, 0) is 32.6 Å². The molecule has 0 aromatic carbocycles. The first-order valence-corrected chi connectivity index (χ1v) is 9.67. The van der Waals surface area contributed by atoms with Crippen LogP contribution in [0, 0.1) is 12.8 Å². The second-order valence-electron chi connectivity index (χ2n) is 7.57. The molecule has 0 bridgehead atoms. The fourth-order valence-corrected chi connectivity index (χ4v) is 3.70. The second kappa shape index (κ2) is 8.01. The molecule has 0 unspecified atom stereocenters. The first kappa shape index (κ1) is 18.6. The Hall–Kier alpha value is -2.18. The Morgan fingerprint density at radius 3 is 2.58 bits per heavy atom. The van der Waals surface area contributed by atoms with Crippen LogP contribution in [-0.4, -0.2) is 48.2 Å². The number of rotatable bonds is 6. The van der Waals surface area contributed by atoms with E-state index in [1.54, 1.807) is 0 Å². The maximum atomic E-state index is 12.3. The van der Waals surface area contributed by atoms with Crippen LogP contribution < -0.4 is 0 Å². The fraction of sp³-hybridized carbons (Fsp3) is 0.684. The van der Waals surface area contributed by atoms with Gasteiger partial charge in [-0.2, -0.15) is 0 Å². The molecule has 3 heterocycles. The number of likely N-dealkylation sites (tertiary alicyclic amines) is 1. The summed E-state index contributed by atoms with van der Waals surface area (Å²) in [5, 5.41) is 8.97. The number of carbonyl (C=O) groups excluding carboxylic acids is 1. The van der Waals surface area contributed by atoms with E-state index in [-0.39, 0.29) is 5.91 Å². The average molecular weight is 358 g/mol. The van der Waals surface area contributed by atoms with Gasteiger partial charge in [-0.3, -0.25) is 4.79 Å². The third-order valence-electron chi connectivity index (χ3n) is 5.20. The number of hydrogen-bond donors (Lipinski definition) is 0. The smallest absolute Gasteiger partial charge is 0.222 e. The van der Waals surface area contributed by atoms with Crippen molar-refractivity contribution in [2.45, 2.75) is 66.0 Å². The van der Waals surface area contributed by atoms with E-state index >= 15 is 0 Å². The fourth-order valence-electron chi connectivity index (χ4n) is 3.70. The Bertz CT molecular complexity index is 739. The number of hydrogen-bond acceptors (Lipinski definition) is 4. The molecule has 0 radical (unpaired) electrons. The highest BCUT2D eigenvalue weighted by Crippen LogP contribution is 2.28. The predicted octanol–water partition coefficient (Wildman–Crippen LogP) is 2.60. The summed E-state index contributed by atoms with van der Waals surface area (Å²) in [6.45, 7) is 11.5. The van der Waals surface area contributed by atoms with Crippen LogP contribution in [0.3, 0.4) is 0 Å². The van der Waals surface area contributed by atoms with E-state index in [1.165, 1.54) is 0 Å². The number of aromatic nitrogens is 5. The van der Waals surface area contributed by atoms with E-state index in [4.69, 9.17) is 0 Å². The van der Waals surface area contributed by atoms with Gasteiger partial charge in [0.1, 0.15) is 11.6 Å². The van der Waals surface area contributed by atoms with Gasteiger partial charge in [-0.15, -0.1) is 10.2 Å². The summed E-state index contributed by atoms with van der Waals surface area (Å²) in [6.07, 6.45) is 6.36. The molecule has 1 aliphatic rings. The third kappa shape index (κ3) is 3.97. The number of imidazole rings is 1. The maximum Gasteiger partial charge on any atom is 0.222 e. The van der Waals surface area contributed by atoms with Gasteiger partial charge >= 0.3 is 0 Å². The van der Waals surface area contributed by atoms with E-state index in [0.717, 1.165) is 49.9 Å². The molecule has 0 saturated carbocycles. The number of amides is 1. The lowest BCUT2D eigenvalue weighted by molar-refractivity contribution is -0.133. The van der Waals surface area contributed by atoms with Gasteiger partial charge in [0.2, 0.25) is 5.91 Å². The minimum Gasteiger partial charge on any atom is -0.343 e. The molecule has 0 N–H and O–H groups in total. The molecule has 7 heteroatoms. The number of piperidine rings is 1. The summed E-state index contributed by atoms with van der Waals surface area (Å²) < 4.78 is 4.32. The summed E-state index contributed by atoms with van der Waals surface area (Å²) in [6, 6.07) is 0. The summed E-state index contributed by atoms with van der Waals surface area (Å²) in [5.74, 6) is 4.10. The van der Waals surface area contributed by atoms with Crippen molar-refractivity contribution in [3.8, 4) is 0 Å². The van der Waals surface area contributed by atoms with Crippen LogP contribution >= 0.6 is 0 Å². The van der Waals surface area contributed by atoms with Crippen molar-refractivity contribution in [3.05, 3.63) is 29.9 Å². The van der Waals surface area contributed by atoms with E-state index < -0.39 is 0 Å². The van der Waals surface area contributed by atoms with Crippen molar-refractivity contribution in [3.63, 3.8) is 0 Å². The normalized spacial score (nSPS) is 15.8. The number of nitrogens with zero attached hydrogens (tertiary/aromatic N) is 6. The summed E-state index contributed by atoms with van der Waals surface area (Å²) in [4.78, 5) is 18.6. The minimum atomic E-state index is 0.284. The molecule has 1 saturated heterocycles. The molecule has 26 heavy (non-hydrogen) atoms. The molecule has 2 aromatic heterocycles. The first-order valence-electron chi connectivity index (χ1n) is 9.67. The topological polar surface area (TPSA) is 68.8 Å². The molecule has 2 aromatic rings. The van der Waals surface area contributed by atoms with Gasteiger partial charge in [0.05, 0.1) is 6.54 Å². The Balaban J connectivity index is 1.67. The summed E-state index contributed by atoms with van der Waals surface area (Å²) in [5.41, 5.74) is 0. The molecule has 1 aliphatic heterocycles. The van der Waals surface area contributed by atoms with Crippen molar-refractivity contribution in [1.29, 1.82) is 0 Å². The molecular formula is C19H30N6O. The van der Waals surface area contributed by atoms with Crippen molar-refractivity contribution >= 4 is 5.91 Å². The molecule has 1 fully saturated rings. The van der Waals surface area contributed by atoms with Gasteiger partial charge in [-0.25, -0.2) is 4.98 Å². The highest BCUT2D eigenvalue weighted by atomic mass is 16.2. The zero-order valence-corrected chi connectivity index (χ0v) is 16.4. The SMILES string of the molecule is CCn1c(Cn2ccnc2C)nnc1C1CCN(C(=O)CC(C)C)CC1. The molecule has 3 rings (SSSR count). The molecule has 0 atom stereocenters. The number of aryl methyl sites for hydroxylation is 1. The van der Waals surface area contributed by atoms with Crippen LogP contribution in [-0.2, 0) is 17.9 Å². The van der Waals surface area contributed by atoms with Crippen molar-refractivity contribution in [2.75, 3.05) is 13.1 Å². The summed E-state index contributed by atoms with van der Waals surface area (Å²) >= 11 is 0. The Kier molecular flexibility index (Phi) is 5.74. The van der Waals surface area contributed by atoms with Crippen LogP contribution in [0.2, 0.25) is 0 Å². The largest absolute Gasteiger partial charge is 0.343 e. The van der Waals surface area contributed by atoms with Gasteiger partial charge in [0.25, 0.3) is 0 Å². The van der Waals surface area contributed by atoms with Gasteiger partial charge in [0.15, 0.2) is 5.82 Å². The lowest BCUT2D eigenvalue weighted by Gasteiger charge is -2.32. The lowest BCUT2D eigenvalue weighted by atomic mass is 9.95. The zero-order valence-electron chi connectivity index (χ0n) is 16.4. The summed E-state index contributed by atoms with van der Waals surface area (Å²) in [7, 11) is 0. The quantitative estimate of drug-likeness (QED) is 0.796. The van der Waals surface area contributed by atoms with E-state index in [0.29, 0.717) is 24.8 Å². The van der Waals surface area contributed by atoms with Crippen LogP contribution in [0.1, 0.15) is 63.4 Å². The maximum absolute atomic E-state index is 12.3. The first-order chi connectivity index (χ1) is 12.5. The van der Waals surface area contributed by atoms with Crippen molar-refractivity contribution in [2.24, 2.45) is 5.92 Å². The van der Waals surface area contributed by atoms with Gasteiger partial charge < -0.3 is 14.0 Å². The highest BCUT2D eigenvalue weighted by Gasteiger charge is 2.28. The molecular weight excluding hydrogens is 328 g/mol. The average Bonchev–Trinajstić information content (AvgIpc) is 3.21. The molecule has 0 spiro atoms. The Morgan fingerprint density at radius 2 is 2.00 bits per heavy atom. The molecule has 0 aliphatic carbocycles. The Morgan fingerprint density at radius 1 is 1.27 bits per heavy atom. The van der Waals surface area contributed by atoms with Crippen molar-refractivity contribution < 1.29 is 4.79 Å². The van der Waals surface area contributed by atoms with Gasteiger partial charge in [-0.1, -0.05) is 13.8 Å². The molecule has 1 amide bonds. The lowest BCUT2D eigenvalue weighted by Crippen LogP contribution is -2.38. The second-order valence-corrected chi connectivity index (χ2v) is 7.57. The van der Waals surface area contributed by atoms with E-state index in [1.807, 2.05) is 24.2 Å². The third-order valence-corrected chi connectivity index (χ3v) is 5.20. The molecule has 7 nitrogen and oxygen atoms in total. The monoisotopic (exact) mass is 358 g/mol. The van der Waals surface area contributed by atoms with Crippen LogP contribution in [0.25, 0.3) is 0 Å².